The molecule has 3 aromatic rings. The molecule has 0 aliphatic carbocycles. The van der Waals surface area contributed by atoms with Crippen LogP contribution in [0.2, 0.25) is 0 Å². The number of alkyl halides is 3. The van der Waals surface area contributed by atoms with Gasteiger partial charge < -0.3 is 19.9 Å². The Bertz CT molecular complexity index is 1350. The topological polar surface area (TPSA) is 73.8 Å². The number of benzene rings is 1. The SMILES string of the molecule is C[C@@H]1CN(c2cc(F)c(-c3cnc(N4CCOCC4)nc3)cc2NC(=O)c2sccc2C(F)(F)F)C[C@H](C)N1C. The Hall–Kier alpha value is -3.29. The molecular weight excluding hydrogens is 548 g/mol. The monoisotopic (exact) mass is 578 g/mol. The number of carbonyl (C=O) groups is 1. The van der Waals surface area contributed by atoms with Crippen LogP contribution >= 0.6 is 11.3 Å². The molecule has 2 saturated heterocycles. The number of morpholine rings is 1. The summed E-state index contributed by atoms with van der Waals surface area (Å²) in [4.78, 5) is 27.6. The fraction of sp³-hybridized carbons (Fsp3) is 0.444. The molecule has 1 aromatic carbocycles. The van der Waals surface area contributed by atoms with E-state index < -0.39 is 28.3 Å². The lowest BCUT2D eigenvalue weighted by atomic mass is 10.0. The van der Waals surface area contributed by atoms with Gasteiger partial charge in [-0.2, -0.15) is 13.2 Å². The number of hydrogen-bond acceptors (Lipinski definition) is 8. The van der Waals surface area contributed by atoms with Crippen molar-refractivity contribution in [3.05, 3.63) is 52.2 Å². The lowest BCUT2D eigenvalue weighted by Crippen LogP contribution is -2.55. The molecular formula is C27H30F4N6O2S. The van der Waals surface area contributed by atoms with Crippen molar-refractivity contribution >= 4 is 34.6 Å². The molecule has 5 rings (SSSR count). The molecule has 1 amide bonds. The summed E-state index contributed by atoms with van der Waals surface area (Å²) in [6.45, 7) is 7.59. The Morgan fingerprint density at radius 2 is 1.73 bits per heavy atom. The summed E-state index contributed by atoms with van der Waals surface area (Å²) in [5.74, 6) is -0.965. The minimum atomic E-state index is -4.68. The lowest BCUT2D eigenvalue weighted by molar-refractivity contribution is -0.137. The van der Waals surface area contributed by atoms with Gasteiger partial charge in [0.15, 0.2) is 0 Å². The molecule has 0 bridgehead atoms. The van der Waals surface area contributed by atoms with Gasteiger partial charge in [0.05, 0.1) is 30.2 Å². The number of likely N-dealkylation sites (N-methyl/N-ethyl adjacent to an activating group) is 1. The molecule has 2 aromatic heterocycles. The predicted octanol–water partition coefficient (Wildman–Crippen LogP) is 4.98. The smallest absolute Gasteiger partial charge is 0.378 e. The Kier molecular flexibility index (Phi) is 7.98. The first-order chi connectivity index (χ1) is 19.0. The summed E-state index contributed by atoms with van der Waals surface area (Å²) in [6.07, 6.45) is -1.67. The minimum absolute atomic E-state index is 0.130. The van der Waals surface area contributed by atoms with E-state index in [4.69, 9.17) is 4.74 Å². The lowest BCUT2D eigenvalue weighted by Gasteiger charge is -2.44. The second kappa shape index (κ2) is 11.3. The predicted molar refractivity (Wildman–Crippen MR) is 147 cm³/mol. The molecule has 2 atom stereocenters. The molecule has 1 N–H and O–H groups in total. The first-order valence-corrected chi connectivity index (χ1v) is 13.8. The van der Waals surface area contributed by atoms with Crippen molar-refractivity contribution in [2.75, 3.05) is 61.6 Å². The average Bonchev–Trinajstić information content (AvgIpc) is 3.44. The highest BCUT2D eigenvalue weighted by Gasteiger charge is 2.37. The maximum atomic E-state index is 15.6. The second-order valence-electron chi connectivity index (χ2n) is 10.1. The number of amides is 1. The highest BCUT2D eigenvalue weighted by atomic mass is 32.1. The number of piperazine rings is 1. The van der Waals surface area contributed by atoms with Gasteiger partial charge >= 0.3 is 6.18 Å². The first-order valence-electron chi connectivity index (χ1n) is 12.9. The van der Waals surface area contributed by atoms with Crippen molar-refractivity contribution in [2.24, 2.45) is 0 Å². The molecule has 0 spiro atoms. The van der Waals surface area contributed by atoms with E-state index in [1.807, 2.05) is 30.7 Å². The largest absolute Gasteiger partial charge is 0.417 e. The standard InChI is InChI=1S/C27H30F4N6O2S/c1-16-14-37(15-17(2)35(16)3)23-11-21(28)19(18-12-32-26(33-13-18)36-5-7-39-8-6-36)10-22(23)34-25(38)24-20(4-9-40-24)27(29,30)31/h4,9-13,16-17H,5-8,14-15H2,1-3H3,(H,34,38)/t16-,17+. The van der Waals surface area contributed by atoms with E-state index in [-0.39, 0.29) is 23.3 Å². The van der Waals surface area contributed by atoms with Crippen molar-refractivity contribution in [3.63, 3.8) is 0 Å². The third-order valence-corrected chi connectivity index (χ3v) is 8.37. The number of halogens is 4. The number of ether oxygens (including phenoxy) is 1. The van der Waals surface area contributed by atoms with E-state index in [0.717, 1.165) is 6.07 Å². The molecule has 8 nitrogen and oxygen atoms in total. The van der Waals surface area contributed by atoms with Crippen LogP contribution in [-0.2, 0) is 10.9 Å². The van der Waals surface area contributed by atoms with Crippen molar-refractivity contribution < 1.29 is 27.1 Å². The molecule has 2 fully saturated rings. The molecule has 2 aliphatic heterocycles. The third-order valence-electron chi connectivity index (χ3n) is 7.45. The average molecular weight is 579 g/mol. The molecule has 214 valence electrons. The van der Waals surface area contributed by atoms with Gasteiger partial charge in [-0.3, -0.25) is 9.69 Å². The molecule has 4 heterocycles. The fourth-order valence-electron chi connectivity index (χ4n) is 5.02. The third kappa shape index (κ3) is 5.77. The van der Waals surface area contributed by atoms with Crippen molar-refractivity contribution in [3.8, 4) is 11.1 Å². The van der Waals surface area contributed by atoms with Gasteiger partial charge in [0, 0.05) is 61.8 Å². The zero-order valence-electron chi connectivity index (χ0n) is 22.3. The summed E-state index contributed by atoms with van der Waals surface area (Å²) in [5.41, 5.74) is 0.114. The van der Waals surface area contributed by atoms with E-state index in [9.17, 15) is 18.0 Å². The highest BCUT2D eigenvalue weighted by Crippen LogP contribution is 2.38. The summed E-state index contributed by atoms with van der Waals surface area (Å²) in [6, 6.07) is 3.92. The van der Waals surface area contributed by atoms with Gasteiger partial charge in [-0.25, -0.2) is 14.4 Å². The van der Waals surface area contributed by atoms with Crippen molar-refractivity contribution in [2.45, 2.75) is 32.1 Å². The number of anilines is 3. The first kappa shape index (κ1) is 28.2. The fourth-order valence-corrected chi connectivity index (χ4v) is 5.83. The van der Waals surface area contributed by atoms with Crippen LogP contribution in [0.15, 0.2) is 36.0 Å². The quantitative estimate of drug-likeness (QED) is 0.428. The van der Waals surface area contributed by atoms with E-state index in [2.05, 4.69) is 20.2 Å². The summed E-state index contributed by atoms with van der Waals surface area (Å²) in [5, 5.41) is 3.88. The zero-order valence-corrected chi connectivity index (χ0v) is 23.2. The van der Waals surface area contributed by atoms with Gasteiger partial charge in [0.2, 0.25) is 5.95 Å². The van der Waals surface area contributed by atoms with Gasteiger partial charge in [0.25, 0.3) is 5.91 Å². The number of aromatic nitrogens is 2. The van der Waals surface area contributed by atoms with Crippen LogP contribution in [0.1, 0.15) is 29.1 Å². The zero-order chi connectivity index (χ0) is 28.6. The number of nitrogens with zero attached hydrogens (tertiary/aromatic N) is 5. The Morgan fingerprint density at radius 3 is 2.35 bits per heavy atom. The number of nitrogens with one attached hydrogen (secondary N) is 1. The number of carbonyl (C=O) groups excluding carboxylic acids is 1. The second-order valence-corrected chi connectivity index (χ2v) is 11.0. The molecule has 13 heteroatoms. The van der Waals surface area contributed by atoms with Crippen molar-refractivity contribution in [1.29, 1.82) is 0 Å². The summed E-state index contributed by atoms with van der Waals surface area (Å²) >= 11 is 0.705. The van der Waals surface area contributed by atoms with Crippen LogP contribution in [0.3, 0.4) is 0 Å². The normalized spacial score (nSPS) is 20.6. The highest BCUT2D eigenvalue weighted by molar-refractivity contribution is 7.12. The van der Waals surface area contributed by atoms with E-state index in [0.29, 0.717) is 67.9 Å². The molecule has 0 unspecified atom stereocenters. The van der Waals surface area contributed by atoms with E-state index in [1.165, 1.54) is 29.9 Å². The van der Waals surface area contributed by atoms with Crippen LogP contribution in [-0.4, -0.2) is 79.3 Å². The van der Waals surface area contributed by atoms with Gasteiger partial charge in [0.1, 0.15) is 10.7 Å². The van der Waals surface area contributed by atoms with Crippen LogP contribution in [0.4, 0.5) is 34.9 Å². The van der Waals surface area contributed by atoms with Gasteiger partial charge in [-0.15, -0.1) is 11.3 Å². The van der Waals surface area contributed by atoms with E-state index in [1.54, 1.807) is 0 Å². The van der Waals surface area contributed by atoms with Crippen LogP contribution in [0.5, 0.6) is 0 Å². The van der Waals surface area contributed by atoms with Gasteiger partial charge in [-0.05, 0) is 44.5 Å². The van der Waals surface area contributed by atoms with Crippen molar-refractivity contribution in [1.82, 2.24) is 14.9 Å². The summed E-state index contributed by atoms with van der Waals surface area (Å²) < 4.78 is 61.6. The molecule has 40 heavy (non-hydrogen) atoms. The van der Waals surface area contributed by atoms with Crippen LogP contribution < -0.4 is 15.1 Å². The molecule has 0 radical (unpaired) electrons. The Labute approximate surface area is 233 Å². The minimum Gasteiger partial charge on any atom is -0.378 e. The number of rotatable bonds is 5. The Balaban J connectivity index is 1.52. The van der Waals surface area contributed by atoms with E-state index >= 15 is 4.39 Å². The number of thiophene rings is 1. The summed E-state index contributed by atoms with van der Waals surface area (Å²) in [7, 11) is 2.01. The molecule has 2 aliphatic rings. The maximum absolute atomic E-state index is 15.6. The number of hydrogen-bond donors (Lipinski definition) is 1. The van der Waals surface area contributed by atoms with Crippen LogP contribution in [0, 0.1) is 5.82 Å². The van der Waals surface area contributed by atoms with Gasteiger partial charge in [-0.1, -0.05) is 0 Å². The van der Waals surface area contributed by atoms with Crippen LogP contribution in [0.25, 0.3) is 11.1 Å². The molecule has 0 saturated carbocycles. The maximum Gasteiger partial charge on any atom is 0.417 e. The Morgan fingerprint density at radius 1 is 1.07 bits per heavy atom.